The van der Waals surface area contributed by atoms with Crippen molar-refractivity contribution in [1.82, 2.24) is 9.88 Å². The molecule has 0 unspecified atom stereocenters. The van der Waals surface area contributed by atoms with Crippen LogP contribution in [-0.2, 0) is 20.7 Å². The van der Waals surface area contributed by atoms with Crippen molar-refractivity contribution in [3.63, 3.8) is 0 Å². The molecule has 154 valence electrons. The van der Waals surface area contributed by atoms with Crippen LogP contribution < -0.4 is 9.47 Å². The number of hydrogen-bond acceptors (Lipinski definition) is 6. The maximum absolute atomic E-state index is 12.6. The molecule has 2 aliphatic rings. The zero-order chi connectivity index (χ0) is 20.1. The fraction of sp³-hybridized carbons (Fsp3) is 0.455. The minimum atomic E-state index is -0.192. The second-order valence-electron chi connectivity index (χ2n) is 7.32. The van der Waals surface area contributed by atoms with Crippen molar-refractivity contribution in [3.8, 4) is 11.5 Å². The van der Waals surface area contributed by atoms with E-state index in [4.69, 9.17) is 18.9 Å². The largest absolute Gasteiger partial charge is 0.497 e. The molecule has 0 saturated carbocycles. The Morgan fingerprint density at radius 2 is 1.90 bits per heavy atom. The Balaban J connectivity index is 1.26. The van der Waals surface area contributed by atoms with Crippen LogP contribution in [0.5, 0.6) is 11.5 Å². The first-order valence-electron chi connectivity index (χ1n) is 9.92. The molecule has 2 atom stereocenters. The number of carbonyl (C=O) groups excluding carboxylic acids is 1. The number of aromatic nitrogens is 1. The minimum absolute atomic E-state index is 0.115. The quantitative estimate of drug-likeness (QED) is 0.742. The number of carbonyl (C=O) groups is 1. The molecule has 0 radical (unpaired) electrons. The molecule has 29 heavy (non-hydrogen) atoms. The van der Waals surface area contributed by atoms with Gasteiger partial charge >= 0.3 is 0 Å². The average Bonchev–Trinajstić information content (AvgIpc) is 3.09. The van der Waals surface area contributed by atoms with Crippen LogP contribution in [0.25, 0.3) is 0 Å². The highest BCUT2D eigenvalue weighted by Crippen LogP contribution is 2.24. The molecule has 2 aromatic rings. The first-order chi connectivity index (χ1) is 14.2. The molecule has 4 rings (SSSR count). The normalized spacial score (nSPS) is 22.0. The Morgan fingerprint density at radius 3 is 2.59 bits per heavy atom. The van der Waals surface area contributed by atoms with Gasteiger partial charge in [-0.1, -0.05) is 12.1 Å². The van der Waals surface area contributed by atoms with E-state index in [-0.39, 0.29) is 24.2 Å². The summed E-state index contributed by atoms with van der Waals surface area (Å²) in [6.07, 6.45) is 4.27. The monoisotopic (exact) mass is 398 g/mol. The van der Waals surface area contributed by atoms with Crippen LogP contribution in [-0.4, -0.2) is 67.5 Å². The van der Waals surface area contributed by atoms with Crippen LogP contribution in [0.3, 0.4) is 0 Å². The Labute approximate surface area is 170 Å². The van der Waals surface area contributed by atoms with Crippen molar-refractivity contribution in [2.24, 2.45) is 0 Å². The van der Waals surface area contributed by atoms with Crippen LogP contribution in [0.1, 0.15) is 12.0 Å². The summed E-state index contributed by atoms with van der Waals surface area (Å²) in [6, 6.07) is 11.4. The molecule has 2 saturated heterocycles. The summed E-state index contributed by atoms with van der Waals surface area (Å²) in [5.74, 6) is 1.59. The molecule has 2 aliphatic heterocycles. The van der Waals surface area contributed by atoms with Crippen molar-refractivity contribution in [2.45, 2.75) is 31.2 Å². The van der Waals surface area contributed by atoms with Crippen LogP contribution in [0, 0.1) is 0 Å². The van der Waals surface area contributed by atoms with Crippen molar-refractivity contribution in [1.29, 1.82) is 0 Å². The lowest BCUT2D eigenvalue weighted by Gasteiger charge is -2.20. The first kappa shape index (κ1) is 19.7. The lowest BCUT2D eigenvalue weighted by Crippen LogP contribution is -2.33. The van der Waals surface area contributed by atoms with Crippen molar-refractivity contribution < 1.29 is 23.7 Å². The zero-order valence-electron chi connectivity index (χ0n) is 16.5. The van der Waals surface area contributed by atoms with Crippen molar-refractivity contribution in [2.75, 3.05) is 33.4 Å². The molecular formula is C22H26N2O5. The summed E-state index contributed by atoms with van der Waals surface area (Å²) < 4.78 is 23.3. The lowest BCUT2D eigenvalue weighted by molar-refractivity contribution is -0.131. The van der Waals surface area contributed by atoms with Gasteiger partial charge in [-0.15, -0.1) is 0 Å². The Morgan fingerprint density at radius 1 is 1.14 bits per heavy atom. The number of methoxy groups -OCH3 is 1. The second-order valence-corrected chi connectivity index (χ2v) is 7.32. The Hall–Kier alpha value is -2.64. The highest BCUT2D eigenvalue weighted by atomic mass is 16.6. The maximum Gasteiger partial charge on any atom is 0.223 e. The molecule has 1 amide bonds. The van der Waals surface area contributed by atoms with Gasteiger partial charge in [0.05, 0.1) is 20.3 Å². The summed E-state index contributed by atoms with van der Waals surface area (Å²) >= 11 is 0. The smallest absolute Gasteiger partial charge is 0.223 e. The number of nitrogens with zero attached hydrogens (tertiary/aromatic N) is 2. The number of hydrogen-bond donors (Lipinski definition) is 0. The van der Waals surface area contributed by atoms with E-state index in [2.05, 4.69) is 4.98 Å². The number of ether oxygens (including phenoxy) is 4. The molecule has 0 bridgehead atoms. The van der Waals surface area contributed by atoms with E-state index >= 15 is 0 Å². The third-order valence-corrected chi connectivity index (χ3v) is 5.25. The fourth-order valence-corrected chi connectivity index (χ4v) is 3.67. The number of amides is 1. The zero-order valence-corrected chi connectivity index (χ0v) is 16.5. The molecule has 1 aromatic heterocycles. The van der Waals surface area contributed by atoms with Gasteiger partial charge in [-0.05, 0) is 30.2 Å². The molecule has 0 spiro atoms. The predicted octanol–water partition coefficient (Wildman–Crippen LogP) is 2.10. The number of fused-ring (bicyclic) bond motifs is 1. The van der Waals surface area contributed by atoms with Gasteiger partial charge in [0.15, 0.2) is 0 Å². The van der Waals surface area contributed by atoms with Crippen LogP contribution in [0.2, 0.25) is 0 Å². The summed E-state index contributed by atoms with van der Waals surface area (Å²) in [7, 11) is 1.63. The van der Waals surface area contributed by atoms with Crippen LogP contribution in [0.15, 0.2) is 48.8 Å². The second kappa shape index (κ2) is 9.24. The number of likely N-dealkylation sites (tertiary alicyclic amines) is 1. The van der Waals surface area contributed by atoms with E-state index in [0.717, 1.165) is 17.1 Å². The standard InChI is InChI=1S/C22H26N2O5/c1-26-17-5-2-6-18(10-17)29-19-14-27-20-12-24(13-21(20)28-15-19)22(25)8-7-16-4-3-9-23-11-16/h2-6,9-11,19-21H,7-8,12-15H2,1H3/t20-,21-/m0/s1. The number of benzene rings is 1. The molecule has 2 fully saturated rings. The van der Waals surface area contributed by atoms with Gasteiger partial charge in [0.2, 0.25) is 5.91 Å². The molecule has 1 aromatic carbocycles. The fourth-order valence-electron chi connectivity index (χ4n) is 3.67. The van der Waals surface area contributed by atoms with Crippen molar-refractivity contribution >= 4 is 5.91 Å². The first-order valence-corrected chi connectivity index (χ1v) is 9.92. The maximum atomic E-state index is 12.6. The molecule has 3 heterocycles. The van der Waals surface area contributed by atoms with E-state index in [1.165, 1.54) is 0 Å². The Kier molecular flexibility index (Phi) is 6.27. The van der Waals surface area contributed by atoms with Crippen LogP contribution >= 0.6 is 0 Å². The van der Waals surface area contributed by atoms with Gasteiger partial charge in [0, 0.05) is 38.0 Å². The highest BCUT2D eigenvalue weighted by molar-refractivity contribution is 5.77. The third-order valence-electron chi connectivity index (χ3n) is 5.25. The molecule has 7 nitrogen and oxygen atoms in total. The Bertz CT molecular complexity index is 800. The van der Waals surface area contributed by atoms with Gasteiger partial charge < -0.3 is 23.8 Å². The van der Waals surface area contributed by atoms with Gasteiger partial charge in [-0.2, -0.15) is 0 Å². The van der Waals surface area contributed by atoms with E-state index in [9.17, 15) is 4.79 Å². The SMILES string of the molecule is COc1cccc(OC2CO[C@H]3CN(C(=O)CCc4cccnc4)C[C@@H]3OC2)c1. The summed E-state index contributed by atoms with van der Waals surface area (Å²) in [5, 5.41) is 0. The number of aryl methyl sites for hydroxylation is 1. The topological polar surface area (TPSA) is 70.1 Å². The predicted molar refractivity (Wildman–Crippen MR) is 106 cm³/mol. The average molecular weight is 398 g/mol. The van der Waals surface area contributed by atoms with Gasteiger partial charge in [-0.3, -0.25) is 9.78 Å². The van der Waals surface area contributed by atoms with Crippen LogP contribution in [0.4, 0.5) is 0 Å². The molecule has 0 N–H and O–H groups in total. The van der Waals surface area contributed by atoms with E-state index in [0.29, 0.717) is 39.1 Å². The summed E-state index contributed by atoms with van der Waals surface area (Å²) in [5.41, 5.74) is 1.07. The van der Waals surface area contributed by atoms with E-state index in [1.54, 1.807) is 19.5 Å². The van der Waals surface area contributed by atoms with Gasteiger partial charge in [0.25, 0.3) is 0 Å². The third kappa shape index (κ3) is 5.05. The highest BCUT2D eigenvalue weighted by Gasteiger charge is 2.39. The van der Waals surface area contributed by atoms with Gasteiger partial charge in [0.1, 0.15) is 29.8 Å². The summed E-state index contributed by atoms with van der Waals surface area (Å²) in [6.45, 7) is 1.97. The van der Waals surface area contributed by atoms with E-state index < -0.39 is 0 Å². The van der Waals surface area contributed by atoms with Crippen molar-refractivity contribution in [3.05, 3.63) is 54.4 Å². The molecular weight excluding hydrogens is 372 g/mol. The number of pyridine rings is 1. The molecule has 7 heteroatoms. The lowest BCUT2D eigenvalue weighted by atomic mass is 10.1. The molecule has 0 aliphatic carbocycles. The summed E-state index contributed by atoms with van der Waals surface area (Å²) in [4.78, 5) is 18.5. The minimum Gasteiger partial charge on any atom is -0.497 e. The van der Waals surface area contributed by atoms with Gasteiger partial charge in [-0.25, -0.2) is 0 Å². The van der Waals surface area contributed by atoms with E-state index in [1.807, 2.05) is 41.3 Å². The number of rotatable bonds is 6.